The van der Waals surface area contributed by atoms with E-state index in [1.54, 1.807) is 0 Å². The van der Waals surface area contributed by atoms with Crippen LogP contribution in [-0.4, -0.2) is 63.3 Å². The van der Waals surface area contributed by atoms with Crippen molar-refractivity contribution >= 4 is 30.7 Å². The molecule has 2 aliphatic rings. The average Bonchev–Trinajstić information content (AvgIpc) is 2.49. The second-order valence-electron chi connectivity index (χ2n) is 5.50. The van der Waals surface area contributed by atoms with Crippen LogP contribution in [0.3, 0.4) is 0 Å². The Labute approximate surface area is 140 Å². The Morgan fingerprint density at radius 1 is 1.24 bits per heavy atom. The van der Waals surface area contributed by atoms with Crippen LogP contribution < -0.4 is 10.6 Å². The average molecular weight is 342 g/mol. The van der Waals surface area contributed by atoms with Gasteiger partial charge in [0.05, 0.1) is 19.1 Å². The summed E-state index contributed by atoms with van der Waals surface area (Å²) in [5.41, 5.74) is 0. The maximum atomic E-state index is 11.9. The van der Waals surface area contributed by atoms with Gasteiger partial charge in [-0.1, -0.05) is 0 Å². The van der Waals surface area contributed by atoms with E-state index in [1.807, 2.05) is 0 Å². The van der Waals surface area contributed by atoms with Crippen LogP contribution >= 0.6 is 24.8 Å². The number of nitrogens with one attached hydrogen (secondary N) is 2. The zero-order valence-corrected chi connectivity index (χ0v) is 14.3. The van der Waals surface area contributed by atoms with E-state index in [2.05, 4.69) is 15.5 Å². The fraction of sp³-hybridized carbons (Fsp3) is 0.929. The molecule has 2 fully saturated rings. The lowest BCUT2D eigenvalue weighted by Gasteiger charge is -2.26. The van der Waals surface area contributed by atoms with E-state index in [0.29, 0.717) is 0 Å². The maximum absolute atomic E-state index is 11.9. The van der Waals surface area contributed by atoms with Crippen LogP contribution in [0.4, 0.5) is 0 Å². The summed E-state index contributed by atoms with van der Waals surface area (Å²) >= 11 is 0. The summed E-state index contributed by atoms with van der Waals surface area (Å²) < 4.78 is 5.32. The molecule has 7 heteroatoms. The van der Waals surface area contributed by atoms with Gasteiger partial charge in [-0.05, 0) is 38.8 Å². The van der Waals surface area contributed by atoms with Crippen molar-refractivity contribution in [1.82, 2.24) is 15.5 Å². The van der Waals surface area contributed by atoms with Crippen LogP contribution in [0.25, 0.3) is 0 Å². The van der Waals surface area contributed by atoms with Crippen molar-refractivity contribution in [3.8, 4) is 0 Å². The van der Waals surface area contributed by atoms with E-state index < -0.39 is 0 Å². The van der Waals surface area contributed by atoms with Crippen molar-refractivity contribution in [2.24, 2.45) is 5.92 Å². The second kappa shape index (κ2) is 12.5. The molecule has 0 aromatic heterocycles. The maximum Gasteiger partial charge on any atom is 0.224 e. The van der Waals surface area contributed by atoms with Gasteiger partial charge in [0.15, 0.2) is 0 Å². The van der Waals surface area contributed by atoms with E-state index in [-0.39, 0.29) is 36.6 Å². The van der Waals surface area contributed by atoms with Gasteiger partial charge in [0.2, 0.25) is 5.91 Å². The number of rotatable bonds is 6. The topological polar surface area (TPSA) is 53.6 Å². The summed E-state index contributed by atoms with van der Waals surface area (Å²) in [7, 11) is 0. The summed E-state index contributed by atoms with van der Waals surface area (Å²) in [5.74, 6) is 0.423. The van der Waals surface area contributed by atoms with Gasteiger partial charge in [-0.15, -0.1) is 24.8 Å². The van der Waals surface area contributed by atoms with Gasteiger partial charge in [0.1, 0.15) is 0 Å². The first-order valence-electron chi connectivity index (χ1n) is 7.65. The molecule has 1 unspecified atom stereocenters. The predicted molar refractivity (Wildman–Crippen MR) is 89.6 cm³/mol. The number of morpholine rings is 1. The van der Waals surface area contributed by atoms with Crippen molar-refractivity contribution < 1.29 is 9.53 Å². The molecule has 21 heavy (non-hydrogen) atoms. The molecule has 0 radical (unpaired) electrons. The van der Waals surface area contributed by atoms with Crippen LogP contribution in [0.5, 0.6) is 0 Å². The molecule has 5 nitrogen and oxygen atoms in total. The molecule has 0 bridgehead atoms. The number of ether oxygens (including phenoxy) is 1. The lowest BCUT2D eigenvalue weighted by Crippen LogP contribution is -2.41. The standard InChI is InChI=1S/C14H27N3O2.2ClH/c18-14(13-4-3-5-15-12-13)16-6-1-2-7-17-8-10-19-11-9-17;;/h13,15H,1-12H2,(H,16,18);2*1H. The van der Waals surface area contributed by atoms with Gasteiger partial charge in [0.25, 0.3) is 0 Å². The molecule has 0 aliphatic carbocycles. The highest BCUT2D eigenvalue weighted by atomic mass is 35.5. The van der Waals surface area contributed by atoms with E-state index in [0.717, 1.165) is 78.2 Å². The molecule has 1 amide bonds. The van der Waals surface area contributed by atoms with E-state index in [1.165, 1.54) is 0 Å². The zero-order valence-electron chi connectivity index (χ0n) is 12.6. The first-order chi connectivity index (χ1) is 9.36. The fourth-order valence-electron chi connectivity index (χ4n) is 2.72. The first-order valence-corrected chi connectivity index (χ1v) is 7.65. The first kappa shape index (κ1) is 20.9. The fourth-order valence-corrected chi connectivity index (χ4v) is 2.72. The van der Waals surface area contributed by atoms with Crippen LogP contribution in [0, 0.1) is 5.92 Å². The molecule has 0 aromatic rings. The lowest BCUT2D eigenvalue weighted by molar-refractivity contribution is -0.125. The van der Waals surface area contributed by atoms with E-state index >= 15 is 0 Å². The highest BCUT2D eigenvalue weighted by Crippen LogP contribution is 2.09. The van der Waals surface area contributed by atoms with Gasteiger partial charge < -0.3 is 15.4 Å². The van der Waals surface area contributed by atoms with Crippen molar-refractivity contribution in [3.05, 3.63) is 0 Å². The molecule has 1 atom stereocenters. The van der Waals surface area contributed by atoms with Crippen molar-refractivity contribution in [2.75, 3.05) is 52.5 Å². The smallest absolute Gasteiger partial charge is 0.224 e. The third-order valence-corrected chi connectivity index (χ3v) is 3.97. The van der Waals surface area contributed by atoms with Gasteiger partial charge in [-0.3, -0.25) is 9.69 Å². The number of amides is 1. The predicted octanol–water partition coefficient (Wildman–Crippen LogP) is 1.06. The largest absolute Gasteiger partial charge is 0.379 e. The SMILES string of the molecule is Cl.Cl.O=C(NCCCCN1CCOCC1)C1CCCNC1. The van der Waals surface area contributed by atoms with Crippen LogP contribution in [0.2, 0.25) is 0 Å². The molecule has 126 valence electrons. The molecule has 2 saturated heterocycles. The van der Waals surface area contributed by atoms with Crippen LogP contribution in [0.15, 0.2) is 0 Å². The summed E-state index contributed by atoms with van der Waals surface area (Å²) in [6.07, 6.45) is 4.38. The van der Waals surface area contributed by atoms with Gasteiger partial charge in [0, 0.05) is 26.2 Å². The monoisotopic (exact) mass is 341 g/mol. The molecule has 0 spiro atoms. The number of halogens is 2. The molecule has 2 N–H and O–H groups in total. The normalized spacial score (nSPS) is 22.8. The Morgan fingerprint density at radius 2 is 2.00 bits per heavy atom. The summed E-state index contributed by atoms with van der Waals surface area (Å²) in [5, 5.41) is 6.35. The number of carbonyl (C=O) groups excluding carboxylic acids is 1. The molecular weight excluding hydrogens is 313 g/mol. The summed E-state index contributed by atoms with van der Waals surface area (Å²) in [6, 6.07) is 0. The summed E-state index contributed by atoms with van der Waals surface area (Å²) in [6.45, 7) is 7.70. The molecule has 2 aliphatic heterocycles. The van der Waals surface area contributed by atoms with Crippen LogP contribution in [-0.2, 0) is 9.53 Å². The van der Waals surface area contributed by atoms with Crippen molar-refractivity contribution in [3.63, 3.8) is 0 Å². The second-order valence-corrected chi connectivity index (χ2v) is 5.50. The van der Waals surface area contributed by atoms with Crippen LogP contribution in [0.1, 0.15) is 25.7 Å². The highest BCUT2D eigenvalue weighted by Gasteiger charge is 2.20. The Morgan fingerprint density at radius 3 is 2.67 bits per heavy atom. The lowest BCUT2D eigenvalue weighted by atomic mass is 9.99. The Kier molecular flexibility index (Phi) is 12.4. The minimum absolute atomic E-state index is 0. The molecule has 2 rings (SSSR count). The number of hydrogen-bond acceptors (Lipinski definition) is 4. The number of hydrogen-bond donors (Lipinski definition) is 2. The number of piperidine rings is 1. The number of carbonyl (C=O) groups is 1. The zero-order chi connectivity index (χ0) is 13.3. The molecular formula is C14H29Cl2N3O2. The Balaban J connectivity index is 0.00000200. The van der Waals surface area contributed by atoms with Gasteiger partial charge in [-0.2, -0.15) is 0 Å². The number of nitrogens with zero attached hydrogens (tertiary/aromatic N) is 1. The summed E-state index contributed by atoms with van der Waals surface area (Å²) in [4.78, 5) is 14.3. The third-order valence-electron chi connectivity index (χ3n) is 3.97. The Bertz CT molecular complexity index is 271. The Hall–Kier alpha value is -0.0700. The number of unbranched alkanes of at least 4 members (excludes halogenated alkanes) is 1. The van der Waals surface area contributed by atoms with Gasteiger partial charge in [-0.25, -0.2) is 0 Å². The third kappa shape index (κ3) is 8.21. The molecule has 0 aromatic carbocycles. The quantitative estimate of drug-likeness (QED) is 0.709. The minimum Gasteiger partial charge on any atom is -0.379 e. The minimum atomic E-state index is 0. The molecule has 2 heterocycles. The van der Waals surface area contributed by atoms with Gasteiger partial charge >= 0.3 is 0 Å². The van der Waals surface area contributed by atoms with Crippen molar-refractivity contribution in [1.29, 1.82) is 0 Å². The van der Waals surface area contributed by atoms with Crippen molar-refractivity contribution in [2.45, 2.75) is 25.7 Å². The van der Waals surface area contributed by atoms with E-state index in [4.69, 9.17) is 4.74 Å². The highest BCUT2D eigenvalue weighted by molar-refractivity contribution is 5.85. The van der Waals surface area contributed by atoms with E-state index in [9.17, 15) is 4.79 Å². The molecule has 0 saturated carbocycles.